The van der Waals surface area contributed by atoms with E-state index in [0.717, 1.165) is 30.6 Å². The van der Waals surface area contributed by atoms with Crippen LogP contribution in [-0.2, 0) is 6.54 Å². The molecule has 2 rings (SSSR count). The minimum atomic E-state index is 0.667. The van der Waals surface area contributed by atoms with E-state index >= 15 is 0 Å². The van der Waals surface area contributed by atoms with Crippen LogP contribution in [0.1, 0.15) is 32.4 Å². The Morgan fingerprint density at radius 3 is 2.87 bits per heavy atom. The van der Waals surface area contributed by atoms with Crippen molar-refractivity contribution in [2.24, 2.45) is 11.8 Å². The number of nitrogens with one attached hydrogen (secondary N) is 1. The van der Waals surface area contributed by atoms with E-state index in [2.05, 4.69) is 41.8 Å². The molecule has 0 atom stereocenters. The molecule has 1 aliphatic carbocycles. The summed E-state index contributed by atoms with van der Waals surface area (Å²) in [6.45, 7) is 8.67. The minimum Gasteiger partial charge on any atom is -0.355 e. The molecular weight excluding hydrogens is 186 g/mol. The quantitative estimate of drug-likeness (QED) is 0.804. The fraction of sp³-hybridized carbons (Fsp3) is 0.750. The number of hydrogen-bond acceptors (Lipinski definition) is 2. The first-order valence-corrected chi connectivity index (χ1v) is 5.93. The number of aryl methyl sites for hydroxylation is 1. The van der Waals surface area contributed by atoms with Crippen molar-refractivity contribution in [2.75, 3.05) is 11.9 Å². The lowest BCUT2D eigenvalue weighted by molar-refractivity contribution is 0.525. The predicted molar refractivity (Wildman–Crippen MR) is 63.0 cm³/mol. The highest BCUT2D eigenvalue weighted by Gasteiger charge is 2.21. The molecule has 0 spiro atoms. The second-order valence-electron chi connectivity index (χ2n) is 5.08. The minimum absolute atomic E-state index is 0.667. The third-order valence-corrected chi connectivity index (χ3v) is 2.70. The average Bonchev–Trinajstić information content (AvgIpc) is 2.89. The molecule has 0 aliphatic heterocycles. The molecule has 1 aromatic rings. The van der Waals surface area contributed by atoms with E-state index < -0.39 is 0 Å². The van der Waals surface area contributed by atoms with Gasteiger partial charge < -0.3 is 9.88 Å². The first kappa shape index (κ1) is 10.5. The molecule has 0 unspecified atom stereocenters. The first-order chi connectivity index (χ1) is 7.15. The average molecular weight is 207 g/mol. The fourth-order valence-corrected chi connectivity index (χ4v) is 1.78. The maximum absolute atomic E-state index is 4.52. The third kappa shape index (κ3) is 2.98. The highest BCUT2D eigenvalue weighted by molar-refractivity contribution is 5.29. The molecule has 15 heavy (non-hydrogen) atoms. The van der Waals surface area contributed by atoms with Crippen molar-refractivity contribution < 1.29 is 0 Å². The molecular formula is C12H21N3. The highest BCUT2D eigenvalue weighted by Crippen LogP contribution is 2.28. The van der Waals surface area contributed by atoms with Gasteiger partial charge in [0, 0.05) is 19.3 Å². The normalized spacial score (nSPS) is 16.0. The maximum Gasteiger partial charge on any atom is 0.203 e. The van der Waals surface area contributed by atoms with Crippen LogP contribution in [0.25, 0.3) is 0 Å². The van der Waals surface area contributed by atoms with Gasteiger partial charge in [0.25, 0.3) is 0 Å². The van der Waals surface area contributed by atoms with Gasteiger partial charge in [-0.25, -0.2) is 4.98 Å². The fourth-order valence-electron chi connectivity index (χ4n) is 1.78. The zero-order chi connectivity index (χ0) is 10.8. The number of anilines is 1. The number of aromatic nitrogens is 2. The van der Waals surface area contributed by atoms with Crippen LogP contribution in [0.2, 0.25) is 0 Å². The van der Waals surface area contributed by atoms with Crippen molar-refractivity contribution in [1.82, 2.24) is 9.55 Å². The molecule has 0 amide bonds. The van der Waals surface area contributed by atoms with Crippen molar-refractivity contribution in [2.45, 2.75) is 40.2 Å². The van der Waals surface area contributed by atoms with Crippen molar-refractivity contribution >= 4 is 5.95 Å². The molecule has 0 saturated heterocycles. The van der Waals surface area contributed by atoms with Crippen LogP contribution in [0.15, 0.2) is 6.20 Å². The Kier molecular flexibility index (Phi) is 2.98. The van der Waals surface area contributed by atoms with Gasteiger partial charge in [0.1, 0.15) is 0 Å². The Labute approximate surface area is 91.9 Å². The van der Waals surface area contributed by atoms with Gasteiger partial charge in [-0.15, -0.1) is 0 Å². The molecule has 0 radical (unpaired) electrons. The Morgan fingerprint density at radius 2 is 2.27 bits per heavy atom. The van der Waals surface area contributed by atoms with E-state index in [1.165, 1.54) is 12.8 Å². The van der Waals surface area contributed by atoms with E-state index in [1.54, 1.807) is 0 Å². The summed E-state index contributed by atoms with van der Waals surface area (Å²) in [5.74, 6) is 2.61. The number of nitrogens with zero attached hydrogens (tertiary/aromatic N) is 2. The molecule has 1 N–H and O–H groups in total. The Balaban J connectivity index is 1.99. The van der Waals surface area contributed by atoms with Gasteiger partial charge in [-0.05, 0) is 31.6 Å². The Morgan fingerprint density at radius 1 is 1.53 bits per heavy atom. The van der Waals surface area contributed by atoms with Gasteiger partial charge in [-0.1, -0.05) is 13.8 Å². The lowest BCUT2D eigenvalue weighted by Crippen LogP contribution is -2.12. The van der Waals surface area contributed by atoms with E-state index in [9.17, 15) is 0 Å². The first-order valence-electron chi connectivity index (χ1n) is 5.93. The van der Waals surface area contributed by atoms with Gasteiger partial charge in [0.15, 0.2) is 0 Å². The van der Waals surface area contributed by atoms with Gasteiger partial charge >= 0.3 is 0 Å². The van der Waals surface area contributed by atoms with Crippen LogP contribution in [-0.4, -0.2) is 16.1 Å². The van der Waals surface area contributed by atoms with Crippen molar-refractivity contribution in [1.29, 1.82) is 0 Å². The summed E-state index contributed by atoms with van der Waals surface area (Å²) >= 11 is 0. The van der Waals surface area contributed by atoms with E-state index in [4.69, 9.17) is 0 Å². The molecule has 1 aliphatic rings. The standard InChI is InChI=1S/C12H21N3/c1-9(2)7-15-8-10(3)14-12(15)13-6-11-4-5-11/h8-9,11H,4-7H2,1-3H3,(H,13,14). The molecule has 3 heteroatoms. The Bertz CT molecular complexity index is 324. The summed E-state index contributed by atoms with van der Waals surface area (Å²) in [7, 11) is 0. The predicted octanol–water partition coefficient (Wildman–Crippen LogP) is 2.67. The van der Waals surface area contributed by atoms with Crippen LogP contribution >= 0.6 is 0 Å². The van der Waals surface area contributed by atoms with Gasteiger partial charge in [0.05, 0.1) is 5.69 Å². The summed E-state index contributed by atoms with van der Waals surface area (Å²) < 4.78 is 2.24. The van der Waals surface area contributed by atoms with Gasteiger partial charge in [0.2, 0.25) is 5.95 Å². The highest BCUT2D eigenvalue weighted by atomic mass is 15.2. The summed E-state index contributed by atoms with van der Waals surface area (Å²) in [6.07, 6.45) is 4.91. The van der Waals surface area contributed by atoms with Crippen LogP contribution in [0.3, 0.4) is 0 Å². The smallest absolute Gasteiger partial charge is 0.203 e. The molecule has 0 bridgehead atoms. The lowest BCUT2D eigenvalue weighted by atomic mass is 10.2. The van der Waals surface area contributed by atoms with E-state index in [-0.39, 0.29) is 0 Å². The lowest BCUT2D eigenvalue weighted by Gasteiger charge is -2.11. The van der Waals surface area contributed by atoms with Crippen LogP contribution in [0, 0.1) is 18.8 Å². The molecule has 1 fully saturated rings. The van der Waals surface area contributed by atoms with Crippen molar-refractivity contribution in [3.05, 3.63) is 11.9 Å². The largest absolute Gasteiger partial charge is 0.355 e. The molecule has 84 valence electrons. The number of hydrogen-bond donors (Lipinski definition) is 1. The second-order valence-corrected chi connectivity index (χ2v) is 5.08. The van der Waals surface area contributed by atoms with Crippen molar-refractivity contribution in [3.8, 4) is 0 Å². The molecule has 1 saturated carbocycles. The number of rotatable bonds is 5. The number of imidazole rings is 1. The molecule has 1 heterocycles. The topological polar surface area (TPSA) is 29.9 Å². The second kappa shape index (κ2) is 4.25. The monoisotopic (exact) mass is 207 g/mol. The summed E-state index contributed by atoms with van der Waals surface area (Å²) in [5.41, 5.74) is 1.11. The van der Waals surface area contributed by atoms with Crippen LogP contribution in [0.5, 0.6) is 0 Å². The van der Waals surface area contributed by atoms with Gasteiger partial charge in [-0.3, -0.25) is 0 Å². The molecule has 1 aromatic heterocycles. The maximum atomic E-state index is 4.52. The van der Waals surface area contributed by atoms with E-state index in [1.807, 2.05) is 0 Å². The SMILES string of the molecule is Cc1cn(CC(C)C)c(NCC2CC2)n1. The van der Waals surface area contributed by atoms with Crippen LogP contribution < -0.4 is 5.32 Å². The van der Waals surface area contributed by atoms with Gasteiger partial charge in [-0.2, -0.15) is 0 Å². The zero-order valence-electron chi connectivity index (χ0n) is 9.95. The molecule has 3 nitrogen and oxygen atoms in total. The Hall–Kier alpha value is -0.990. The summed E-state index contributed by atoms with van der Waals surface area (Å²) in [4.78, 5) is 4.52. The zero-order valence-corrected chi connectivity index (χ0v) is 9.95. The van der Waals surface area contributed by atoms with E-state index in [0.29, 0.717) is 5.92 Å². The summed E-state index contributed by atoms with van der Waals surface area (Å²) in [5, 5.41) is 3.45. The summed E-state index contributed by atoms with van der Waals surface area (Å²) in [6, 6.07) is 0. The molecule has 0 aromatic carbocycles. The van der Waals surface area contributed by atoms with Crippen molar-refractivity contribution in [3.63, 3.8) is 0 Å². The van der Waals surface area contributed by atoms with Crippen LogP contribution in [0.4, 0.5) is 5.95 Å². The third-order valence-electron chi connectivity index (χ3n) is 2.70.